The first kappa shape index (κ1) is 13.1. The molecule has 2 aromatic rings. The number of para-hydroxylation sites is 1. The zero-order valence-electron chi connectivity index (χ0n) is 10.6. The number of aromatic nitrogens is 2. The summed E-state index contributed by atoms with van der Waals surface area (Å²) in [4.78, 5) is 8.90. The number of anilines is 1. The highest BCUT2D eigenvalue weighted by molar-refractivity contribution is 7.99. The number of fused-ring (bicyclic) bond motifs is 1. The van der Waals surface area contributed by atoms with Crippen LogP contribution in [0.25, 0.3) is 10.9 Å². The minimum absolute atomic E-state index is 0.203. The fraction of sp³-hybridized carbons (Fsp3) is 0.385. The molecule has 2 N–H and O–H groups in total. The van der Waals surface area contributed by atoms with E-state index in [1.165, 1.54) is 0 Å². The molecule has 18 heavy (non-hydrogen) atoms. The SMILES string of the molecule is CNc1nc(SCC(C)CO)c2ccccc2n1. The number of hydrogen-bond acceptors (Lipinski definition) is 5. The summed E-state index contributed by atoms with van der Waals surface area (Å²) in [5.74, 6) is 1.75. The number of aliphatic hydroxyl groups is 1. The second-order valence-electron chi connectivity index (χ2n) is 4.22. The molecule has 1 heterocycles. The lowest BCUT2D eigenvalue weighted by molar-refractivity contribution is 0.250. The third kappa shape index (κ3) is 2.91. The van der Waals surface area contributed by atoms with Crippen LogP contribution >= 0.6 is 11.8 Å². The van der Waals surface area contributed by atoms with Crippen molar-refractivity contribution in [2.45, 2.75) is 11.9 Å². The van der Waals surface area contributed by atoms with Gasteiger partial charge in [-0.1, -0.05) is 25.1 Å². The summed E-state index contributed by atoms with van der Waals surface area (Å²) in [6, 6.07) is 7.97. The van der Waals surface area contributed by atoms with Gasteiger partial charge in [0.1, 0.15) is 5.03 Å². The van der Waals surface area contributed by atoms with Gasteiger partial charge in [0.2, 0.25) is 5.95 Å². The Morgan fingerprint density at radius 3 is 2.83 bits per heavy atom. The smallest absolute Gasteiger partial charge is 0.224 e. The highest BCUT2D eigenvalue weighted by atomic mass is 32.2. The minimum atomic E-state index is 0.203. The maximum Gasteiger partial charge on any atom is 0.224 e. The summed E-state index contributed by atoms with van der Waals surface area (Å²) < 4.78 is 0. The third-order valence-electron chi connectivity index (χ3n) is 2.61. The lowest BCUT2D eigenvalue weighted by Gasteiger charge is -2.10. The minimum Gasteiger partial charge on any atom is -0.396 e. The molecule has 1 atom stereocenters. The number of nitrogens with one attached hydrogen (secondary N) is 1. The second kappa shape index (κ2) is 6.02. The van der Waals surface area contributed by atoms with E-state index in [0.29, 0.717) is 5.95 Å². The van der Waals surface area contributed by atoms with Crippen molar-refractivity contribution in [3.63, 3.8) is 0 Å². The number of hydrogen-bond donors (Lipinski definition) is 2. The van der Waals surface area contributed by atoms with Gasteiger partial charge in [-0.3, -0.25) is 0 Å². The monoisotopic (exact) mass is 263 g/mol. The molecular formula is C13H17N3OS. The van der Waals surface area contributed by atoms with Gasteiger partial charge in [0, 0.05) is 24.8 Å². The quantitative estimate of drug-likeness (QED) is 0.641. The van der Waals surface area contributed by atoms with Gasteiger partial charge < -0.3 is 10.4 Å². The first-order valence-corrected chi connectivity index (χ1v) is 6.91. The molecule has 4 nitrogen and oxygen atoms in total. The van der Waals surface area contributed by atoms with Crippen LogP contribution in [0.3, 0.4) is 0 Å². The summed E-state index contributed by atoms with van der Waals surface area (Å²) in [6.07, 6.45) is 0. The van der Waals surface area contributed by atoms with Gasteiger partial charge in [0.25, 0.3) is 0 Å². The molecule has 0 aliphatic heterocycles. The van der Waals surface area contributed by atoms with Crippen molar-refractivity contribution in [3.05, 3.63) is 24.3 Å². The third-order valence-corrected chi connectivity index (χ3v) is 3.93. The Morgan fingerprint density at radius 2 is 2.11 bits per heavy atom. The van der Waals surface area contributed by atoms with Gasteiger partial charge in [-0.05, 0) is 12.0 Å². The normalized spacial score (nSPS) is 12.6. The van der Waals surface area contributed by atoms with Gasteiger partial charge in [-0.25, -0.2) is 9.97 Å². The molecule has 0 amide bonds. The predicted molar refractivity (Wildman–Crippen MR) is 76.1 cm³/mol. The van der Waals surface area contributed by atoms with E-state index < -0.39 is 0 Å². The van der Waals surface area contributed by atoms with Crippen LogP contribution in [-0.2, 0) is 0 Å². The molecule has 1 aromatic carbocycles. The largest absolute Gasteiger partial charge is 0.396 e. The van der Waals surface area contributed by atoms with Crippen molar-refractivity contribution in [3.8, 4) is 0 Å². The van der Waals surface area contributed by atoms with Crippen molar-refractivity contribution in [2.24, 2.45) is 5.92 Å². The zero-order valence-corrected chi connectivity index (χ0v) is 11.4. The molecule has 1 unspecified atom stereocenters. The van der Waals surface area contributed by atoms with Crippen molar-refractivity contribution in [1.29, 1.82) is 0 Å². The average Bonchev–Trinajstić information content (AvgIpc) is 2.43. The van der Waals surface area contributed by atoms with Crippen LogP contribution in [0.4, 0.5) is 5.95 Å². The van der Waals surface area contributed by atoms with E-state index in [1.54, 1.807) is 11.8 Å². The Hall–Kier alpha value is -1.33. The lowest BCUT2D eigenvalue weighted by Crippen LogP contribution is -2.04. The van der Waals surface area contributed by atoms with Gasteiger partial charge in [-0.15, -0.1) is 11.8 Å². The van der Waals surface area contributed by atoms with Crippen molar-refractivity contribution < 1.29 is 5.11 Å². The topological polar surface area (TPSA) is 58.0 Å². The van der Waals surface area contributed by atoms with Gasteiger partial charge in [-0.2, -0.15) is 0 Å². The van der Waals surface area contributed by atoms with Gasteiger partial charge >= 0.3 is 0 Å². The Bertz CT molecular complexity index is 533. The standard InChI is InChI=1S/C13H17N3OS/c1-9(7-17)8-18-12-10-5-3-4-6-11(10)15-13(14-2)16-12/h3-6,9,17H,7-8H2,1-2H3,(H,14,15,16). The van der Waals surface area contributed by atoms with E-state index in [2.05, 4.69) is 15.3 Å². The van der Waals surface area contributed by atoms with Crippen molar-refractivity contribution >= 4 is 28.6 Å². The molecule has 0 aliphatic rings. The molecule has 0 radical (unpaired) electrons. The average molecular weight is 263 g/mol. The molecule has 0 saturated heterocycles. The Kier molecular flexibility index (Phi) is 4.38. The fourth-order valence-corrected chi connectivity index (χ4v) is 2.57. The number of thioether (sulfide) groups is 1. The van der Waals surface area contributed by atoms with E-state index in [9.17, 15) is 0 Å². The fourth-order valence-electron chi connectivity index (χ4n) is 1.54. The first-order valence-electron chi connectivity index (χ1n) is 5.92. The highest BCUT2D eigenvalue weighted by Crippen LogP contribution is 2.27. The summed E-state index contributed by atoms with van der Waals surface area (Å²) in [7, 11) is 1.81. The molecule has 96 valence electrons. The summed E-state index contributed by atoms with van der Waals surface area (Å²) in [5.41, 5.74) is 0.941. The molecule has 0 bridgehead atoms. The predicted octanol–water partition coefficient (Wildman–Crippen LogP) is 2.39. The number of nitrogens with zero attached hydrogens (tertiary/aromatic N) is 2. The lowest BCUT2D eigenvalue weighted by atomic mass is 10.2. The molecular weight excluding hydrogens is 246 g/mol. The Labute approximate surface area is 111 Å². The molecule has 5 heteroatoms. The van der Waals surface area contributed by atoms with Crippen LogP contribution in [0.5, 0.6) is 0 Å². The van der Waals surface area contributed by atoms with Crippen LogP contribution in [-0.4, -0.2) is 34.5 Å². The molecule has 2 rings (SSSR count). The number of benzene rings is 1. The van der Waals surface area contributed by atoms with E-state index in [0.717, 1.165) is 21.7 Å². The second-order valence-corrected chi connectivity index (χ2v) is 5.23. The highest BCUT2D eigenvalue weighted by Gasteiger charge is 2.09. The zero-order chi connectivity index (χ0) is 13.0. The maximum absolute atomic E-state index is 9.07. The van der Waals surface area contributed by atoms with Crippen molar-refractivity contribution in [1.82, 2.24) is 9.97 Å². The summed E-state index contributed by atoms with van der Waals surface area (Å²) >= 11 is 1.66. The molecule has 1 aromatic heterocycles. The van der Waals surface area contributed by atoms with Gasteiger partial charge in [0.15, 0.2) is 0 Å². The van der Waals surface area contributed by atoms with Crippen LogP contribution in [0.15, 0.2) is 29.3 Å². The maximum atomic E-state index is 9.07. The van der Waals surface area contributed by atoms with E-state index in [1.807, 2.05) is 38.2 Å². The Morgan fingerprint density at radius 1 is 1.33 bits per heavy atom. The van der Waals surface area contributed by atoms with E-state index >= 15 is 0 Å². The van der Waals surface area contributed by atoms with E-state index in [4.69, 9.17) is 5.11 Å². The van der Waals surface area contributed by atoms with Crippen LogP contribution < -0.4 is 5.32 Å². The van der Waals surface area contributed by atoms with Crippen LogP contribution in [0.2, 0.25) is 0 Å². The molecule has 0 fully saturated rings. The summed E-state index contributed by atoms with van der Waals surface area (Å²) in [5, 5.41) is 14.1. The van der Waals surface area contributed by atoms with Crippen molar-refractivity contribution in [2.75, 3.05) is 24.7 Å². The van der Waals surface area contributed by atoms with E-state index in [-0.39, 0.29) is 12.5 Å². The molecule has 0 aliphatic carbocycles. The number of rotatable bonds is 5. The first-order chi connectivity index (χ1) is 8.74. The molecule has 0 saturated carbocycles. The summed E-state index contributed by atoms with van der Waals surface area (Å²) in [6.45, 7) is 2.23. The van der Waals surface area contributed by atoms with Crippen LogP contribution in [0, 0.1) is 5.92 Å². The number of aliphatic hydroxyl groups excluding tert-OH is 1. The Balaban J connectivity index is 2.34. The molecule has 0 spiro atoms. The van der Waals surface area contributed by atoms with Crippen LogP contribution in [0.1, 0.15) is 6.92 Å². The van der Waals surface area contributed by atoms with Gasteiger partial charge in [0.05, 0.1) is 5.52 Å².